The Balaban J connectivity index is 1.71. The minimum Gasteiger partial charge on any atom is -0.441 e. The molecule has 0 saturated carbocycles. The van der Waals surface area contributed by atoms with Gasteiger partial charge >= 0.3 is 0 Å². The number of nitrogens with one attached hydrogen (secondary N) is 1. The van der Waals surface area contributed by atoms with Crippen LogP contribution in [0.5, 0.6) is 0 Å². The molecule has 0 aliphatic rings. The number of hydrogen-bond acceptors (Lipinski definition) is 4. The molecule has 0 fully saturated rings. The van der Waals surface area contributed by atoms with E-state index in [1.165, 1.54) is 0 Å². The van der Waals surface area contributed by atoms with Crippen molar-refractivity contribution < 1.29 is 9.21 Å². The monoisotopic (exact) mass is 327 g/mol. The van der Waals surface area contributed by atoms with E-state index < -0.39 is 0 Å². The standard InChI is InChI=1S/C17H14ClN3O2/c1-11-15(21-17(23-11)12-3-2-8-19-10-12)9-16(22)20-14-6-4-13(18)5-7-14/h2-8,10H,9H2,1H3,(H,20,22). The van der Waals surface area contributed by atoms with Crippen LogP contribution in [0, 0.1) is 6.92 Å². The average molecular weight is 328 g/mol. The van der Waals surface area contributed by atoms with Crippen molar-refractivity contribution in [2.45, 2.75) is 13.3 Å². The Morgan fingerprint density at radius 1 is 1.26 bits per heavy atom. The van der Waals surface area contributed by atoms with Crippen molar-refractivity contribution in [3.05, 3.63) is 65.3 Å². The van der Waals surface area contributed by atoms with Crippen LogP contribution in [0.2, 0.25) is 5.02 Å². The van der Waals surface area contributed by atoms with E-state index in [9.17, 15) is 4.79 Å². The Morgan fingerprint density at radius 2 is 2.04 bits per heavy atom. The Labute approximate surface area is 138 Å². The van der Waals surface area contributed by atoms with Crippen LogP contribution in [-0.2, 0) is 11.2 Å². The normalized spacial score (nSPS) is 10.5. The Bertz CT molecular complexity index is 814. The number of hydrogen-bond donors (Lipinski definition) is 1. The van der Waals surface area contributed by atoms with Crippen molar-refractivity contribution in [1.29, 1.82) is 0 Å². The van der Waals surface area contributed by atoms with Crippen LogP contribution in [-0.4, -0.2) is 15.9 Å². The van der Waals surface area contributed by atoms with Crippen molar-refractivity contribution in [3.8, 4) is 11.5 Å². The van der Waals surface area contributed by atoms with Crippen LogP contribution >= 0.6 is 11.6 Å². The van der Waals surface area contributed by atoms with E-state index in [2.05, 4.69) is 15.3 Å². The highest BCUT2D eigenvalue weighted by Gasteiger charge is 2.15. The summed E-state index contributed by atoms with van der Waals surface area (Å²) in [6.45, 7) is 1.79. The van der Waals surface area contributed by atoms with Gasteiger partial charge in [-0.3, -0.25) is 9.78 Å². The van der Waals surface area contributed by atoms with E-state index >= 15 is 0 Å². The molecule has 23 heavy (non-hydrogen) atoms. The molecule has 3 aromatic rings. The second kappa shape index (κ2) is 6.62. The van der Waals surface area contributed by atoms with Gasteiger partial charge in [0.1, 0.15) is 5.76 Å². The van der Waals surface area contributed by atoms with Crippen LogP contribution < -0.4 is 5.32 Å². The third-order valence-electron chi connectivity index (χ3n) is 3.26. The minimum atomic E-state index is -0.165. The Kier molecular flexibility index (Phi) is 4.39. The smallest absolute Gasteiger partial charge is 0.230 e. The molecule has 1 aromatic carbocycles. The van der Waals surface area contributed by atoms with Gasteiger partial charge in [0.25, 0.3) is 0 Å². The highest BCUT2D eigenvalue weighted by molar-refractivity contribution is 6.30. The first-order valence-electron chi connectivity index (χ1n) is 7.04. The van der Waals surface area contributed by atoms with Gasteiger partial charge in [-0.05, 0) is 43.3 Å². The zero-order valence-corrected chi connectivity index (χ0v) is 13.2. The predicted molar refractivity (Wildman–Crippen MR) is 88.3 cm³/mol. The lowest BCUT2D eigenvalue weighted by atomic mass is 10.2. The number of pyridine rings is 1. The maximum Gasteiger partial charge on any atom is 0.230 e. The molecule has 0 spiro atoms. The molecular weight excluding hydrogens is 314 g/mol. The number of oxazole rings is 1. The summed E-state index contributed by atoms with van der Waals surface area (Å²) in [7, 11) is 0. The second-order valence-corrected chi connectivity index (χ2v) is 5.43. The van der Waals surface area contributed by atoms with Crippen LogP contribution in [0.15, 0.2) is 53.2 Å². The van der Waals surface area contributed by atoms with E-state index in [1.54, 1.807) is 43.6 Å². The van der Waals surface area contributed by atoms with Crippen LogP contribution in [0.25, 0.3) is 11.5 Å². The van der Waals surface area contributed by atoms with Crippen molar-refractivity contribution in [1.82, 2.24) is 9.97 Å². The van der Waals surface area contributed by atoms with Crippen molar-refractivity contribution in [3.63, 3.8) is 0 Å². The maximum atomic E-state index is 12.1. The average Bonchev–Trinajstić information content (AvgIpc) is 2.91. The molecule has 2 aromatic heterocycles. The molecule has 0 radical (unpaired) electrons. The lowest BCUT2D eigenvalue weighted by molar-refractivity contribution is -0.115. The predicted octanol–water partition coefficient (Wildman–Crippen LogP) is 3.88. The number of carbonyl (C=O) groups is 1. The van der Waals surface area contributed by atoms with Gasteiger partial charge < -0.3 is 9.73 Å². The zero-order chi connectivity index (χ0) is 16.2. The summed E-state index contributed by atoms with van der Waals surface area (Å²) in [4.78, 5) is 20.5. The van der Waals surface area contributed by atoms with Crippen LogP contribution in [0.4, 0.5) is 5.69 Å². The fraction of sp³-hybridized carbons (Fsp3) is 0.118. The fourth-order valence-corrected chi connectivity index (χ4v) is 2.22. The second-order valence-electron chi connectivity index (χ2n) is 5.00. The van der Waals surface area contributed by atoms with Crippen molar-refractivity contribution >= 4 is 23.2 Å². The van der Waals surface area contributed by atoms with Crippen LogP contribution in [0.3, 0.4) is 0 Å². The number of aromatic nitrogens is 2. The summed E-state index contributed by atoms with van der Waals surface area (Å²) in [5.74, 6) is 0.918. The minimum absolute atomic E-state index is 0.137. The molecule has 1 N–H and O–H groups in total. The summed E-state index contributed by atoms with van der Waals surface area (Å²) in [6, 6.07) is 10.6. The molecular formula is C17H14ClN3O2. The first-order chi connectivity index (χ1) is 11.1. The van der Waals surface area contributed by atoms with Gasteiger partial charge in [0, 0.05) is 23.1 Å². The molecule has 3 rings (SSSR count). The number of rotatable bonds is 4. The van der Waals surface area contributed by atoms with E-state index in [0.29, 0.717) is 28.1 Å². The van der Waals surface area contributed by atoms with E-state index in [-0.39, 0.29) is 12.3 Å². The van der Waals surface area contributed by atoms with Crippen LogP contribution in [0.1, 0.15) is 11.5 Å². The van der Waals surface area contributed by atoms with E-state index in [1.807, 2.05) is 12.1 Å². The molecule has 1 amide bonds. The Hall–Kier alpha value is -2.66. The van der Waals surface area contributed by atoms with Crippen molar-refractivity contribution in [2.24, 2.45) is 0 Å². The number of amides is 1. The first kappa shape index (κ1) is 15.2. The molecule has 0 aliphatic carbocycles. The maximum absolute atomic E-state index is 12.1. The number of halogens is 1. The molecule has 2 heterocycles. The van der Waals surface area contributed by atoms with Gasteiger partial charge in [-0.25, -0.2) is 4.98 Å². The molecule has 0 bridgehead atoms. The number of anilines is 1. The lowest BCUT2D eigenvalue weighted by Crippen LogP contribution is -2.15. The van der Waals surface area contributed by atoms with Gasteiger partial charge in [0.2, 0.25) is 11.8 Å². The molecule has 116 valence electrons. The zero-order valence-electron chi connectivity index (χ0n) is 12.4. The molecule has 6 heteroatoms. The lowest BCUT2D eigenvalue weighted by Gasteiger charge is -2.04. The highest BCUT2D eigenvalue weighted by atomic mass is 35.5. The van der Waals surface area contributed by atoms with Gasteiger partial charge in [0.15, 0.2) is 0 Å². The van der Waals surface area contributed by atoms with Gasteiger partial charge in [-0.2, -0.15) is 0 Å². The fourth-order valence-electron chi connectivity index (χ4n) is 2.10. The number of aryl methyl sites for hydroxylation is 1. The summed E-state index contributed by atoms with van der Waals surface area (Å²) >= 11 is 5.82. The molecule has 0 atom stereocenters. The van der Waals surface area contributed by atoms with Crippen molar-refractivity contribution in [2.75, 3.05) is 5.32 Å². The highest BCUT2D eigenvalue weighted by Crippen LogP contribution is 2.21. The SMILES string of the molecule is Cc1oc(-c2cccnc2)nc1CC(=O)Nc1ccc(Cl)cc1. The first-order valence-corrected chi connectivity index (χ1v) is 7.42. The van der Waals surface area contributed by atoms with E-state index in [4.69, 9.17) is 16.0 Å². The third kappa shape index (κ3) is 3.76. The number of nitrogens with zero attached hydrogens (tertiary/aromatic N) is 2. The molecule has 0 unspecified atom stereocenters. The number of benzene rings is 1. The largest absolute Gasteiger partial charge is 0.441 e. The molecule has 0 aliphatic heterocycles. The number of carbonyl (C=O) groups excluding carboxylic acids is 1. The summed E-state index contributed by atoms with van der Waals surface area (Å²) in [5.41, 5.74) is 2.07. The third-order valence-corrected chi connectivity index (χ3v) is 3.51. The van der Waals surface area contributed by atoms with Gasteiger partial charge in [-0.15, -0.1) is 0 Å². The topological polar surface area (TPSA) is 68.0 Å². The summed E-state index contributed by atoms with van der Waals surface area (Å²) in [5, 5.41) is 3.42. The van der Waals surface area contributed by atoms with E-state index in [0.717, 1.165) is 5.56 Å². The van der Waals surface area contributed by atoms with Gasteiger partial charge in [-0.1, -0.05) is 11.6 Å². The Morgan fingerprint density at radius 3 is 2.74 bits per heavy atom. The molecule has 5 nitrogen and oxygen atoms in total. The molecule has 0 saturated heterocycles. The summed E-state index contributed by atoms with van der Waals surface area (Å²) < 4.78 is 5.62. The van der Waals surface area contributed by atoms with Gasteiger partial charge in [0.05, 0.1) is 17.7 Å². The summed E-state index contributed by atoms with van der Waals surface area (Å²) in [6.07, 6.45) is 3.49. The quantitative estimate of drug-likeness (QED) is 0.789.